The van der Waals surface area contributed by atoms with E-state index < -0.39 is 12.0 Å². The maximum Gasteiger partial charge on any atom is 0.305 e. The maximum atomic E-state index is 12.0. The van der Waals surface area contributed by atoms with Crippen LogP contribution in [0.4, 0.5) is 5.69 Å². The van der Waals surface area contributed by atoms with Gasteiger partial charge in [0.1, 0.15) is 5.75 Å². The van der Waals surface area contributed by atoms with Gasteiger partial charge in [0.15, 0.2) is 0 Å². The highest BCUT2D eigenvalue weighted by Crippen LogP contribution is 2.20. The molecule has 0 saturated carbocycles. The van der Waals surface area contributed by atoms with Gasteiger partial charge in [-0.05, 0) is 24.3 Å². The number of carboxylic acids is 1. The van der Waals surface area contributed by atoms with Crippen LogP contribution in [0.5, 0.6) is 5.75 Å². The average Bonchev–Trinajstić information content (AvgIpc) is 2.47. The van der Waals surface area contributed by atoms with E-state index in [0.717, 1.165) is 5.69 Å². The van der Waals surface area contributed by atoms with Crippen LogP contribution in [0.2, 0.25) is 0 Å². The molecule has 0 aromatic heterocycles. The highest BCUT2D eigenvalue weighted by Gasteiger charge is 2.26. The zero-order chi connectivity index (χ0) is 15.4. The van der Waals surface area contributed by atoms with Crippen molar-refractivity contribution in [2.24, 2.45) is 5.73 Å². The number of carbonyl (C=O) groups is 2. The van der Waals surface area contributed by atoms with E-state index in [9.17, 15) is 14.7 Å². The Morgan fingerprint density at radius 3 is 2.24 bits per heavy atom. The number of nitrogens with zero attached hydrogens (tertiary/aromatic N) is 2. The number of aromatic hydroxyl groups is 1. The Hall–Kier alpha value is -2.28. The van der Waals surface area contributed by atoms with Gasteiger partial charge in [-0.25, -0.2) is 0 Å². The Balaban J connectivity index is 1.89. The molecule has 0 radical (unpaired) electrons. The molecule has 2 rings (SSSR count). The molecule has 1 aromatic carbocycles. The number of hydrogen-bond donors (Lipinski definition) is 3. The number of nitrogens with two attached hydrogens (primary N) is 1. The molecule has 0 spiro atoms. The normalized spacial score (nSPS) is 16.6. The molecule has 1 saturated heterocycles. The van der Waals surface area contributed by atoms with E-state index in [1.807, 2.05) is 12.1 Å². The number of hydrogen-bond acceptors (Lipinski definition) is 5. The van der Waals surface area contributed by atoms with Crippen molar-refractivity contribution in [2.45, 2.75) is 12.5 Å². The zero-order valence-electron chi connectivity index (χ0n) is 11.6. The maximum absolute atomic E-state index is 12.0. The number of anilines is 1. The van der Waals surface area contributed by atoms with E-state index in [1.165, 1.54) is 0 Å². The minimum absolute atomic E-state index is 0.215. The topological polar surface area (TPSA) is 107 Å². The summed E-state index contributed by atoms with van der Waals surface area (Å²) in [6.07, 6.45) is -0.350. The Bertz CT molecular complexity index is 509. The second-order valence-corrected chi connectivity index (χ2v) is 5.03. The van der Waals surface area contributed by atoms with Crippen LogP contribution in [-0.2, 0) is 9.59 Å². The smallest absolute Gasteiger partial charge is 0.305 e. The molecule has 114 valence electrons. The van der Waals surface area contributed by atoms with Crippen LogP contribution < -0.4 is 10.6 Å². The van der Waals surface area contributed by atoms with Crippen LogP contribution >= 0.6 is 0 Å². The molecule has 1 amide bonds. The second-order valence-electron chi connectivity index (χ2n) is 5.03. The summed E-state index contributed by atoms with van der Waals surface area (Å²) in [7, 11) is 0. The number of aliphatic carboxylic acids is 1. The summed E-state index contributed by atoms with van der Waals surface area (Å²) in [5, 5.41) is 17.9. The molecule has 4 N–H and O–H groups in total. The lowest BCUT2D eigenvalue weighted by Gasteiger charge is -2.37. The lowest BCUT2D eigenvalue weighted by atomic mass is 10.1. The predicted molar refractivity (Wildman–Crippen MR) is 77.1 cm³/mol. The molecular formula is C14H19N3O4. The van der Waals surface area contributed by atoms with Crippen LogP contribution in [-0.4, -0.2) is 59.2 Å². The number of carboxylic acid groups (broad SMARTS) is 1. The summed E-state index contributed by atoms with van der Waals surface area (Å²) >= 11 is 0. The Labute approximate surface area is 122 Å². The predicted octanol–water partition coefficient (Wildman–Crippen LogP) is -0.157. The second kappa shape index (κ2) is 6.45. The van der Waals surface area contributed by atoms with E-state index in [2.05, 4.69) is 4.90 Å². The Morgan fingerprint density at radius 2 is 1.71 bits per heavy atom. The first-order valence-corrected chi connectivity index (χ1v) is 6.77. The minimum Gasteiger partial charge on any atom is -0.508 e. The quantitative estimate of drug-likeness (QED) is 0.712. The molecule has 21 heavy (non-hydrogen) atoms. The molecule has 7 nitrogen and oxygen atoms in total. The molecule has 7 heteroatoms. The molecular weight excluding hydrogens is 274 g/mol. The van der Waals surface area contributed by atoms with Crippen molar-refractivity contribution in [3.8, 4) is 5.75 Å². The van der Waals surface area contributed by atoms with Crippen molar-refractivity contribution in [3.63, 3.8) is 0 Å². The molecule has 1 aromatic rings. The molecule has 0 bridgehead atoms. The third-order valence-corrected chi connectivity index (χ3v) is 3.52. The lowest BCUT2D eigenvalue weighted by molar-refractivity contribution is -0.142. The van der Waals surface area contributed by atoms with Gasteiger partial charge < -0.3 is 25.7 Å². The number of amides is 1. The number of rotatable bonds is 4. The molecule has 1 heterocycles. The number of phenolic OH excluding ortho intramolecular Hbond substituents is 1. The van der Waals surface area contributed by atoms with E-state index >= 15 is 0 Å². The minimum atomic E-state index is -1.07. The van der Waals surface area contributed by atoms with Crippen LogP contribution in [0.25, 0.3) is 0 Å². The van der Waals surface area contributed by atoms with Gasteiger partial charge in [0.2, 0.25) is 5.91 Å². The Morgan fingerprint density at radius 1 is 1.14 bits per heavy atom. The van der Waals surface area contributed by atoms with Gasteiger partial charge in [-0.15, -0.1) is 0 Å². The first kappa shape index (κ1) is 15.1. The molecule has 1 aliphatic heterocycles. The molecule has 1 atom stereocenters. The van der Waals surface area contributed by atoms with Crippen molar-refractivity contribution >= 4 is 17.6 Å². The summed E-state index contributed by atoms with van der Waals surface area (Å²) in [4.78, 5) is 26.3. The lowest BCUT2D eigenvalue weighted by Crippen LogP contribution is -2.53. The highest BCUT2D eigenvalue weighted by molar-refractivity contribution is 5.86. The van der Waals surface area contributed by atoms with E-state index in [1.54, 1.807) is 17.0 Å². The molecule has 0 aliphatic carbocycles. The van der Waals surface area contributed by atoms with Gasteiger partial charge in [-0.1, -0.05) is 0 Å². The number of piperazine rings is 1. The van der Waals surface area contributed by atoms with Crippen LogP contribution in [0.3, 0.4) is 0 Å². The van der Waals surface area contributed by atoms with Gasteiger partial charge in [0.05, 0.1) is 12.5 Å². The van der Waals surface area contributed by atoms with Crippen molar-refractivity contribution < 1.29 is 19.8 Å². The average molecular weight is 293 g/mol. The van der Waals surface area contributed by atoms with E-state index in [4.69, 9.17) is 10.8 Å². The zero-order valence-corrected chi connectivity index (χ0v) is 11.6. The van der Waals surface area contributed by atoms with Crippen molar-refractivity contribution in [2.75, 3.05) is 31.1 Å². The highest BCUT2D eigenvalue weighted by atomic mass is 16.4. The summed E-state index contributed by atoms with van der Waals surface area (Å²) in [6, 6.07) is 5.90. The van der Waals surface area contributed by atoms with Crippen molar-refractivity contribution in [1.82, 2.24) is 4.90 Å². The first-order valence-electron chi connectivity index (χ1n) is 6.77. The number of carbonyl (C=O) groups excluding carboxylic acids is 1. The first-order chi connectivity index (χ1) is 9.97. The fourth-order valence-corrected chi connectivity index (χ4v) is 2.36. The van der Waals surface area contributed by atoms with Crippen LogP contribution in [0.1, 0.15) is 6.42 Å². The summed E-state index contributed by atoms with van der Waals surface area (Å²) in [6.45, 7) is 2.31. The molecule has 1 aliphatic rings. The summed E-state index contributed by atoms with van der Waals surface area (Å²) in [5.41, 5.74) is 6.58. The van der Waals surface area contributed by atoms with E-state index in [-0.39, 0.29) is 18.1 Å². The number of benzene rings is 1. The SMILES string of the molecule is NC(CC(=O)O)C(=O)N1CCN(c2ccc(O)cc2)CC1. The van der Waals surface area contributed by atoms with Crippen molar-refractivity contribution in [1.29, 1.82) is 0 Å². The van der Waals surface area contributed by atoms with Gasteiger partial charge in [0.25, 0.3) is 0 Å². The standard InChI is InChI=1S/C14H19N3O4/c15-12(9-13(19)20)14(21)17-7-5-16(6-8-17)10-1-3-11(18)4-2-10/h1-4,12,18H,5-9,15H2,(H,19,20). The third-order valence-electron chi connectivity index (χ3n) is 3.52. The molecule has 1 unspecified atom stereocenters. The summed E-state index contributed by atoms with van der Waals surface area (Å²) < 4.78 is 0. The van der Waals surface area contributed by atoms with Gasteiger partial charge >= 0.3 is 5.97 Å². The summed E-state index contributed by atoms with van der Waals surface area (Å²) in [5.74, 6) is -1.17. The van der Waals surface area contributed by atoms with Gasteiger partial charge in [-0.2, -0.15) is 0 Å². The molecule has 1 fully saturated rings. The van der Waals surface area contributed by atoms with Crippen LogP contribution in [0, 0.1) is 0 Å². The third kappa shape index (κ3) is 3.85. The fraction of sp³-hybridized carbons (Fsp3) is 0.429. The number of phenols is 1. The van der Waals surface area contributed by atoms with Gasteiger partial charge in [-0.3, -0.25) is 9.59 Å². The van der Waals surface area contributed by atoms with Crippen LogP contribution in [0.15, 0.2) is 24.3 Å². The van der Waals surface area contributed by atoms with Crippen molar-refractivity contribution in [3.05, 3.63) is 24.3 Å². The largest absolute Gasteiger partial charge is 0.508 e. The monoisotopic (exact) mass is 293 g/mol. The van der Waals surface area contributed by atoms with Gasteiger partial charge in [0, 0.05) is 31.9 Å². The fourth-order valence-electron chi connectivity index (χ4n) is 2.36. The van der Waals surface area contributed by atoms with E-state index in [0.29, 0.717) is 26.2 Å². The Kier molecular flexibility index (Phi) is 4.64.